The Kier molecular flexibility index (Phi) is 9.06. The number of nitrogens with zero attached hydrogens (tertiary/aromatic N) is 3. The van der Waals surface area contributed by atoms with Crippen LogP contribution >= 0.6 is 11.6 Å². The van der Waals surface area contributed by atoms with Crippen LogP contribution in [0.15, 0.2) is 24.3 Å². The molecule has 0 spiro atoms. The van der Waals surface area contributed by atoms with Crippen LogP contribution in [0.25, 0.3) is 6.08 Å². The summed E-state index contributed by atoms with van der Waals surface area (Å²) in [7, 11) is 0. The summed E-state index contributed by atoms with van der Waals surface area (Å²) in [4.78, 5) is 30.2. The van der Waals surface area contributed by atoms with Gasteiger partial charge in [-0.15, -0.1) is 0 Å². The standard InChI is InChI=1S/C24H33ClFN3O5/c1-24(16-30)7-9-27(15-21(24)32)13-18(31)14-29-11-10-28(8-6-23(29)34)22(33)5-3-17-2-4-20(26)19(25)12-17/h2-5,12,18,21,30-32H,6-11,13-16H2,1H3. The predicted octanol–water partition coefficient (Wildman–Crippen LogP) is 0.979. The molecule has 2 fully saturated rings. The number of aliphatic hydroxyl groups excluding tert-OH is 3. The van der Waals surface area contributed by atoms with Gasteiger partial charge in [-0.1, -0.05) is 24.6 Å². The second-order valence-corrected chi connectivity index (χ2v) is 9.82. The smallest absolute Gasteiger partial charge is 0.246 e. The Hall–Kier alpha value is -2.04. The Morgan fingerprint density at radius 3 is 2.74 bits per heavy atom. The number of hydrogen-bond donors (Lipinski definition) is 3. The minimum absolute atomic E-state index is 0.0226. The molecule has 3 atom stereocenters. The number of likely N-dealkylation sites (tertiary alicyclic amines) is 1. The minimum atomic E-state index is -0.792. The van der Waals surface area contributed by atoms with E-state index in [4.69, 9.17) is 11.6 Å². The molecular weight excluding hydrogens is 465 g/mol. The van der Waals surface area contributed by atoms with Gasteiger partial charge in [-0.3, -0.25) is 14.5 Å². The van der Waals surface area contributed by atoms with Crippen LogP contribution in [0.3, 0.4) is 0 Å². The van der Waals surface area contributed by atoms with Crippen LogP contribution in [0.2, 0.25) is 5.02 Å². The highest BCUT2D eigenvalue weighted by atomic mass is 35.5. The molecule has 0 aromatic heterocycles. The van der Waals surface area contributed by atoms with E-state index in [9.17, 15) is 29.3 Å². The van der Waals surface area contributed by atoms with Gasteiger partial charge in [-0.05, 0) is 36.7 Å². The van der Waals surface area contributed by atoms with E-state index in [2.05, 4.69) is 0 Å². The molecule has 2 saturated heterocycles. The molecule has 0 radical (unpaired) electrons. The van der Waals surface area contributed by atoms with E-state index in [1.165, 1.54) is 24.3 Å². The molecule has 1 aromatic rings. The molecule has 8 nitrogen and oxygen atoms in total. The molecule has 0 saturated carbocycles. The van der Waals surface area contributed by atoms with Crippen LogP contribution in [0.5, 0.6) is 0 Å². The fourth-order valence-corrected chi connectivity index (χ4v) is 4.45. The number of carbonyl (C=O) groups is 2. The lowest BCUT2D eigenvalue weighted by molar-refractivity contribution is -0.132. The first-order valence-electron chi connectivity index (χ1n) is 11.5. The largest absolute Gasteiger partial charge is 0.396 e. The summed E-state index contributed by atoms with van der Waals surface area (Å²) in [5.74, 6) is -0.918. The maximum atomic E-state index is 13.3. The molecule has 34 heavy (non-hydrogen) atoms. The van der Waals surface area contributed by atoms with Crippen molar-refractivity contribution in [3.8, 4) is 0 Å². The zero-order valence-electron chi connectivity index (χ0n) is 19.4. The minimum Gasteiger partial charge on any atom is -0.396 e. The number of benzene rings is 1. The van der Waals surface area contributed by atoms with E-state index < -0.39 is 23.4 Å². The fourth-order valence-electron chi connectivity index (χ4n) is 4.27. The van der Waals surface area contributed by atoms with Gasteiger partial charge in [0.25, 0.3) is 0 Å². The number of aliphatic hydroxyl groups is 3. The average molecular weight is 498 g/mol. The molecule has 2 aliphatic heterocycles. The number of piperidine rings is 1. The first-order chi connectivity index (χ1) is 16.1. The van der Waals surface area contributed by atoms with Crippen LogP contribution in [-0.2, 0) is 9.59 Å². The number of rotatable bonds is 7. The molecule has 10 heteroatoms. The average Bonchev–Trinajstić information content (AvgIpc) is 2.98. The van der Waals surface area contributed by atoms with Crippen molar-refractivity contribution in [2.45, 2.75) is 32.0 Å². The summed E-state index contributed by atoms with van der Waals surface area (Å²) < 4.78 is 13.3. The molecule has 2 aliphatic rings. The molecule has 3 unspecified atom stereocenters. The summed E-state index contributed by atoms with van der Waals surface area (Å²) >= 11 is 5.77. The molecule has 188 valence electrons. The van der Waals surface area contributed by atoms with Crippen molar-refractivity contribution >= 4 is 29.5 Å². The molecule has 1 aromatic carbocycles. The van der Waals surface area contributed by atoms with Gasteiger partial charge >= 0.3 is 0 Å². The summed E-state index contributed by atoms with van der Waals surface area (Å²) in [6.45, 7) is 4.14. The van der Waals surface area contributed by atoms with Crippen LogP contribution in [0.4, 0.5) is 4.39 Å². The van der Waals surface area contributed by atoms with Crippen LogP contribution in [0.1, 0.15) is 25.3 Å². The Bertz CT molecular complexity index is 917. The highest BCUT2D eigenvalue weighted by molar-refractivity contribution is 6.30. The van der Waals surface area contributed by atoms with E-state index in [1.54, 1.807) is 15.9 Å². The lowest BCUT2D eigenvalue weighted by Gasteiger charge is -2.43. The van der Waals surface area contributed by atoms with Crippen molar-refractivity contribution in [1.82, 2.24) is 14.7 Å². The first-order valence-corrected chi connectivity index (χ1v) is 11.9. The van der Waals surface area contributed by atoms with Gasteiger partial charge in [-0.2, -0.15) is 0 Å². The normalized spacial score (nSPS) is 25.6. The number of hydrogen-bond acceptors (Lipinski definition) is 6. The molecular formula is C24H33ClFN3O5. The maximum Gasteiger partial charge on any atom is 0.246 e. The fraction of sp³-hybridized carbons (Fsp3) is 0.583. The zero-order valence-corrected chi connectivity index (χ0v) is 20.1. The number of β-amino-alcohol motifs (C(OH)–C–C–N with tert-alkyl or cyclic N) is 2. The van der Waals surface area contributed by atoms with Crippen LogP contribution < -0.4 is 0 Å². The second kappa shape index (κ2) is 11.6. The summed E-state index contributed by atoms with van der Waals surface area (Å²) in [5, 5.41) is 30.4. The van der Waals surface area contributed by atoms with E-state index >= 15 is 0 Å². The topological polar surface area (TPSA) is 105 Å². The Labute approximate surface area is 204 Å². The third-order valence-corrected chi connectivity index (χ3v) is 7.05. The van der Waals surface area contributed by atoms with Crippen molar-refractivity contribution in [3.05, 3.63) is 40.7 Å². The lowest BCUT2D eigenvalue weighted by atomic mass is 9.78. The Morgan fingerprint density at radius 2 is 2.06 bits per heavy atom. The summed E-state index contributed by atoms with van der Waals surface area (Å²) in [6.07, 6.45) is 2.23. The lowest BCUT2D eigenvalue weighted by Crippen LogP contribution is -2.53. The summed E-state index contributed by atoms with van der Waals surface area (Å²) in [6, 6.07) is 4.18. The Morgan fingerprint density at radius 1 is 1.29 bits per heavy atom. The highest BCUT2D eigenvalue weighted by Crippen LogP contribution is 2.30. The predicted molar refractivity (Wildman–Crippen MR) is 126 cm³/mol. The van der Waals surface area contributed by atoms with E-state index in [-0.39, 0.29) is 43.0 Å². The van der Waals surface area contributed by atoms with Crippen LogP contribution in [0, 0.1) is 11.2 Å². The number of amides is 2. The van der Waals surface area contributed by atoms with E-state index in [0.29, 0.717) is 44.7 Å². The van der Waals surface area contributed by atoms with Gasteiger partial charge in [0.2, 0.25) is 11.8 Å². The third-order valence-electron chi connectivity index (χ3n) is 6.76. The second-order valence-electron chi connectivity index (χ2n) is 9.41. The maximum absolute atomic E-state index is 13.3. The third kappa shape index (κ3) is 6.76. The SMILES string of the molecule is CC1(CO)CCN(CC(O)CN2CCN(C(=O)C=Cc3ccc(F)c(Cl)c3)CCC2=O)CC1O. The Balaban J connectivity index is 1.49. The van der Waals surface area contributed by atoms with E-state index in [1.807, 2.05) is 11.8 Å². The number of carbonyl (C=O) groups excluding carboxylic acids is 2. The first kappa shape index (κ1) is 26.6. The van der Waals surface area contributed by atoms with Crippen molar-refractivity contribution in [2.24, 2.45) is 5.41 Å². The van der Waals surface area contributed by atoms with Gasteiger partial charge in [-0.25, -0.2) is 4.39 Å². The molecule has 3 rings (SSSR count). The molecule has 0 aliphatic carbocycles. The van der Waals surface area contributed by atoms with Crippen molar-refractivity contribution in [2.75, 3.05) is 52.4 Å². The van der Waals surface area contributed by atoms with Gasteiger partial charge < -0.3 is 25.1 Å². The van der Waals surface area contributed by atoms with Crippen molar-refractivity contribution in [1.29, 1.82) is 0 Å². The zero-order chi connectivity index (χ0) is 24.9. The van der Waals surface area contributed by atoms with Gasteiger partial charge in [0.1, 0.15) is 5.82 Å². The van der Waals surface area contributed by atoms with E-state index in [0.717, 1.165) is 0 Å². The summed E-state index contributed by atoms with van der Waals surface area (Å²) in [5.41, 5.74) is 0.0628. The van der Waals surface area contributed by atoms with Crippen molar-refractivity contribution < 1.29 is 29.3 Å². The monoisotopic (exact) mass is 497 g/mol. The van der Waals surface area contributed by atoms with Crippen LogP contribution in [-0.4, -0.2) is 106 Å². The molecule has 2 amide bonds. The quantitative estimate of drug-likeness (QED) is 0.485. The number of halogens is 2. The molecule has 2 heterocycles. The van der Waals surface area contributed by atoms with Crippen molar-refractivity contribution in [3.63, 3.8) is 0 Å². The van der Waals surface area contributed by atoms with Gasteiger partial charge in [0, 0.05) is 57.2 Å². The van der Waals surface area contributed by atoms with Gasteiger partial charge in [0.15, 0.2) is 0 Å². The molecule has 3 N–H and O–H groups in total. The highest BCUT2D eigenvalue weighted by Gasteiger charge is 2.38. The van der Waals surface area contributed by atoms with Gasteiger partial charge in [0.05, 0.1) is 23.8 Å². The molecule has 0 bridgehead atoms.